The van der Waals surface area contributed by atoms with Gasteiger partial charge in [-0.25, -0.2) is 13.6 Å². The minimum Gasteiger partial charge on any atom is -0.322 e. The van der Waals surface area contributed by atoms with Crippen LogP contribution in [0.5, 0.6) is 0 Å². The molecule has 0 radical (unpaired) electrons. The molecule has 2 N–H and O–H groups in total. The van der Waals surface area contributed by atoms with Gasteiger partial charge in [0.25, 0.3) is 0 Å². The lowest BCUT2D eigenvalue weighted by molar-refractivity contribution is 0.470. The van der Waals surface area contributed by atoms with Gasteiger partial charge in [0.15, 0.2) is 11.6 Å². The molecule has 0 aliphatic rings. The Morgan fingerprint density at radius 2 is 1.95 bits per heavy atom. The number of aryl methyl sites for hydroxylation is 1. The molecule has 0 saturated heterocycles. The second-order valence-electron chi connectivity index (χ2n) is 4.27. The fourth-order valence-electron chi connectivity index (χ4n) is 1.95. The molecule has 1 heterocycles. The first-order valence-electron chi connectivity index (χ1n) is 5.99. The molecular weight excluding hydrogens is 252 g/mol. The summed E-state index contributed by atoms with van der Waals surface area (Å²) in [7, 11) is 0. The number of hydrogen-bond donors (Lipinski definition) is 1. The van der Waals surface area contributed by atoms with E-state index in [2.05, 4.69) is 0 Å². The Kier molecular flexibility index (Phi) is 3.80. The first-order chi connectivity index (χ1) is 9.04. The highest BCUT2D eigenvalue weighted by Crippen LogP contribution is 2.18. The molecular formula is C13H15F2N3O. The standard InChI is InChI=1S/C13H15F2N3O/c1-2-17-6-7-18(13(17)19)8-11(16)9-4-3-5-10(14)12(9)15/h3-7,11H,2,8,16H2,1H3. The smallest absolute Gasteiger partial charge is 0.322 e. The van der Waals surface area contributed by atoms with Crippen molar-refractivity contribution in [3.8, 4) is 0 Å². The molecule has 0 bridgehead atoms. The summed E-state index contributed by atoms with van der Waals surface area (Å²) < 4.78 is 29.6. The fourth-order valence-corrected chi connectivity index (χ4v) is 1.95. The van der Waals surface area contributed by atoms with Gasteiger partial charge in [0, 0.05) is 31.0 Å². The predicted molar refractivity (Wildman–Crippen MR) is 67.7 cm³/mol. The summed E-state index contributed by atoms with van der Waals surface area (Å²) in [5, 5.41) is 0. The molecule has 0 amide bonds. The Labute approximate surface area is 109 Å². The Hall–Kier alpha value is -1.95. The Morgan fingerprint density at radius 1 is 1.26 bits per heavy atom. The highest BCUT2D eigenvalue weighted by Gasteiger charge is 2.16. The highest BCUT2D eigenvalue weighted by molar-refractivity contribution is 5.22. The fraction of sp³-hybridized carbons (Fsp3) is 0.308. The van der Waals surface area contributed by atoms with Crippen molar-refractivity contribution < 1.29 is 8.78 Å². The van der Waals surface area contributed by atoms with Crippen LogP contribution >= 0.6 is 0 Å². The van der Waals surface area contributed by atoms with E-state index in [4.69, 9.17) is 5.73 Å². The predicted octanol–water partition coefficient (Wildman–Crippen LogP) is 1.65. The molecule has 0 aliphatic heterocycles. The highest BCUT2D eigenvalue weighted by atomic mass is 19.2. The van der Waals surface area contributed by atoms with Crippen molar-refractivity contribution in [3.05, 3.63) is 58.3 Å². The number of hydrogen-bond acceptors (Lipinski definition) is 2. The molecule has 4 nitrogen and oxygen atoms in total. The third-order valence-electron chi connectivity index (χ3n) is 3.03. The van der Waals surface area contributed by atoms with Gasteiger partial charge in [-0.2, -0.15) is 0 Å². The number of nitrogens with zero attached hydrogens (tertiary/aromatic N) is 2. The van der Waals surface area contributed by atoms with E-state index in [0.717, 1.165) is 6.07 Å². The second-order valence-corrected chi connectivity index (χ2v) is 4.27. The number of halogens is 2. The van der Waals surface area contributed by atoms with E-state index in [-0.39, 0.29) is 17.8 Å². The second kappa shape index (κ2) is 5.36. The van der Waals surface area contributed by atoms with Crippen LogP contribution in [0.2, 0.25) is 0 Å². The van der Waals surface area contributed by atoms with Gasteiger partial charge in [0.1, 0.15) is 0 Å². The quantitative estimate of drug-likeness (QED) is 0.915. The largest absolute Gasteiger partial charge is 0.328 e. The lowest BCUT2D eigenvalue weighted by Gasteiger charge is -2.13. The average Bonchev–Trinajstić information content (AvgIpc) is 2.73. The Morgan fingerprint density at radius 3 is 2.58 bits per heavy atom. The van der Waals surface area contributed by atoms with E-state index >= 15 is 0 Å². The Bertz CT molecular complexity index is 633. The first-order valence-corrected chi connectivity index (χ1v) is 5.99. The normalized spacial score (nSPS) is 12.6. The molecule has 0 aliphatic carbocycles. The van der Waals surface area contributed by atoms with Gasteiger partial charge in [-0.1, -0.05) is 12.1 Å². The molecule has 0 saturated carbocycles. The molecule has 0 spiro atoms. The van der Waals surface area contributed by atoms with Crippen LogP contribution in [-0.2, 0) is 13.1 Å². The summed E-state index contributed by atoms with van der Waals surface area (Å²) in [5.41, 5.74) is 5.69. The molecule has 2 aromatic rings. The maximum atomic E-state index is 13.6. The van der Waals surface area contributed by atoms with Gasteiger partial charge >= 0.3 is 5.69 Å². The van der Waals surface area contributed by atoms with Crippen molar-refractivity contribution in [1.29, 1.82) is 0 Å². The number of rotatable bonds is 4. The van der Waals surface area contributed by atoms with Crippen molar-refractivity contribution in [2.75, 3.05) is 0 Å². The monoisotopic (exact) mass is 267 g/mol. The summed E-state index contributed by atoms with van der Waals surface area (Å²) in [6, 6.07) is 3.07. The van der Waals surface area contributed by atoms with Gasteiger partial charge in [-0.3, -0.25) is 9.13 Å². The van der Waals surface area contributed by atoms with Crippen molar-refractivity contribution in [2.45, 2.75) is 26.1 Å². The maximum absolute atomic E-state index is 13.6. The molecule has 1 atom stereocenters. The van der Waals surface area contributed by atoms with Gasteiger partial charge < -0.3 is 5.73 Å². The number of aromatic nitrogens is 2. The third kappa shape index (κ3) is 2.58. The first kappa shape index (κ1) is 13.5. The van der Waals surface area contributed by atoms with Crippen LogP contribution in [0.25, 0.3) is 0 Å². The van der Waals surface area contributed by atoms with Gasteiger partial charge in [0.05, 0.1) is 6.04 Å². The van der Waals surface area contributed by atoms with Crippen molar-refractivity contribution >= 4 is 0 Å². The summed E-state index contributed by atoms with van der Waals surface area (Å²) in [4.78, 5) is 11.8. The SMILES string of the molecule is CCn1ccn(CC(N)c2cccc(F)c2F)c1=O. The molecule has 6 heteroatoms. The Balaban J connectivity index is 2.25. The van der Waals surface area contributed by atoms with E-state index < -0.39 is 17.7 Å². The average molecular weight is 267 g/mol. The lowest BCUT2D eigenvalue weighted by atomic mass is 10.1. The van der Waals surface area contributed by atoms with Crippen molar-refractivity contribution in [1.82, 2.24) is 9.13 Å². The summed E-state index contributed by atoms with van der Waals surface area (Å²) in [5.74, 6) is -1.90. The summed E-state index contributed by atoms with van der Waals surface area (Å²) >= 11 is 0. The van der Waals surface area contributed by atoms with E-state index in [1.807, 2.05) is 6.92 Å². The minimum atomic E-state index is -0.960. The van der Waals surface area contributed by atoms with Crippen LogP contribution in [0.15, 0.2) is 35.4 Å². The van der Waals surface area contributed by atoms with Gasteiger partial charge in [-0.15, -0.1) is 0 Å². The van der Waals surface area contributed by atoms with Crippen molar-refractivity contribution in [2.24, 2.45) is 5.73 Å². The summed E-state index contributed by atoms with van der Waals surface area (Å²) in [6.45, 7) is 2.50. The van der Waals surface area contributed by atoms with Crippen LogP contribution in [0, 0.1) is 11.6 Å². The van der Waals surface area contributed by atoms with Crippen LogP contribution < -0.4 is 11.4 Å². The molecule has 19 heavy (non-hydrogen) atoms. The van der Waals surface area contributed by atoms with E-state index in [1.165, 1.54) is 21.3 Å². The van der Waals surface area contributed by atoms with Crippen LogP contribution in [0.4, 0.5) is 8.78 Å². The van der Waals surface area contributed by atoms with Gasteiger partial charge in [0.2, 0.25) is 0 Å². The lowest BCUT2D eigenvalue weighted by Crippen LogP contribution is -2.28. The van der Waals surface area contributed by atoms with E-state index in [9.17, 15) is 13.6 Å². The van der Waals surface area contributed by atoms with Crippen LogP contribution in [0.3, 0.4) is 0 Å². The van der Waals surface area contributed by atoms with Crippen LogP contribution in [-0.4, -0.2) is 9.13 Å². The number of nitrogens with two attached hydrogens (primary N) is 1. The van der Waals surface area contributed by atoms with E-state index in [1.54, 1.807) is 12.4 Å². The van der Waals surface area contributed by atoms with Crippen LogP contribution in [0.1, 0.15) is 18.5 Å². The molecule has 102 valence electrons. The van der Waals surface area contributed by atoms with E-state index in [0.29, 0.717) is 6.54 Å². The number of imidazole rings is 1. The molecule has 1 aromatic heterocycles. The van der Waals surface area contributed by atoms with Crippen molar-refractivity contribution in [3.63, 3.8) is 0 Å². The zero-order valence-corrected chi connectivity index (χ0v) is 10.5. The molecule has 0 fully saturated rings. The molecule has 1 aromatic carbocycles. The topological polar surface area (TPSA) is 52.9 Å². The zero-order valence-electron chi connectivity index (χ0n) is 10.5. The number of benzene rings is 1. The maximum Gasteiger partial charge on any atom is 0.328 e. The minimum absolute atomic E-state index is 0.0659. The third-order valence-corrected chi connectivity index (χ3v) is 3.03. The molecule has 1 unspecified atom stereocenters. The molecule has 2 rings (SSSR count). The zero-order chi connectivity index (χ0) is 14.0. The summed E-state index contributed by atoms with van der Waals surface area (Å²) in [6.07, 6.45) is 3.22. The van der Waals surface area contributed by atoms with Gasteiger partial charge in [-0.05, 0) is 13.0 Å².